The molecule has 0 spiro atoms. The molecule has 5 N–H and O–H groups in total. The number of rotatable bonds is 0. The molecule has 0 radical (unpaired) electrons. The zero-order valence-corrected chi connectivity index (χ0v) is 28.8. The fourth-order valence-electron chi connectivity index (χ4n) is 8.41. The first-order chi connectivity index (χ1) is 26.0. The standard InChI is InChI=1S/C43H28N8OS/c52-43-41-37-33-17-29-9-5-25(46-29)13-21-1-3-23(44-21)15-27-7-11-31(48-27)19-35(50-33)39(37)42(53-43)40-36-20-32-12-8-28(49-32)16-24-4-2-22(45-24)14-26-6-10-30(47-26)18-34(51-36)38(40)41/h1-20,25,41-42,44-45,47-48,50H/b21-13-,22-14?,23-15-,24-16?,26-14?,28-16?,30-18?,32-20?,33-17?,34-18?,35-19?,36-20?. The van der Waals surface area contributed by atoms with Crippen molar-refractivity contribution in [1.29, 1.82) is 0 Å². The van der Waals surface area contributed by atoms with Gasteiger partial charge in [-0.2, -0.15) is 0 Å². The number of aliphatic imine (C=N–C) groups is 1. The molecule has 53 heavy (non-hydrogen) atoms. The first kappa shape index (κ1) is 29.0. The summed E-state index contributed by atoms with van der Waals surface area (Å²) < 4.78 is 0. The van der Waals surface area contributed by atoms with Crippen LogP contribution in [-0.2, 0) is 4.79 Å². The minimum absolute atomic E-state index is 0.0946. The number of aromatic amines is 5. The van der Waals surface area contributed by atoms with Crippen LogP contribution in [0.4, 0.5) is 0 Å². The second-order valence-corrected chi connectivity index (χ2v) is 15.2. The van der Waals surface area contributed by atoms with Gasteiger partial charge < -0.3 is 24.9 Å². The molecular weight excluding hydrogens is 677 g/mol. The molecule has 13 rings (SSSR count). The first-order valence-electron chi connectivity index (χ1n) is 17.6. The molecule has 3 atom stereocenters. The van der Waals surface area contributed by atoms with Crippen molar-refractivity contribution in [2.24, 2.45) is 4.99 Å². The number of carbonyl (C=O) groups is 1. The van der Waals surface area contributed by atoms with Gasteiger partial charge in [0, 0.05) is 71.6 Å². The molecule has 10 heteroatoms. The SMILES string of the molecule is O=C1SC2C3=C(c4cc5ccc(cc6ccc(cc7nc(cc3n4)C=C7)[nH]6)[nH]5)C1c1c2c2[nH]c1=CC1=NC(C=C1)/C=c1/cc/c([nH]1)=C/c1ccc([nH]1)C=2. The number of nitrogens with zero attached hydrogens (tertiary/aromatic N) is 3. The molecular formula is C43H28N8OS. The zero-order valence-electron chi connectivity index (χ0n) is 27.9. The maximum absolute atomic E-state index is 14.3. The molecule has 7 aliphatic rings. The predicted molar refractivity (Wildman–Crippen MR) is 212 cm³/mol. The van der Waals surface area contributed by atoms with Crippen LogP contribution in [-0.4, -0.2) is 51.8 Å². The van der Waals surface area contributed by atoms with Gasteiger partial charge in [-0.05, 0) is 121 Å². The highest BCUT2D eigenvalue weighted by molar-refractivity contribution is 8.14. The maximum atomic E-state index is 14.3. The van der Waals surface area contributed by atoms with E-state index < -0.39 is 5.92 Å². The third-order valence-electron chi connectivity index (χ3n) is 10.6. The lowest BCUT2D eigenvalue weighted by atomic mass is 9.77. The molecule has 252 valence electrons. The largest absolute Gasteiger partial charge is 0.356 e. The van der Waals surface area contributed by atoms with Crippen LogP contribution in [0.25, 0.3) is 69.7 Å². The monoisotopic (exact) mass is 704 g/mol. The van der Waals surface area contributed by atoms with Crippen molar-refractivity contribution >= 4 is 92.3 Å². The fraction of sp³-hybridized carbons (Fsp3) is 0.0698. The van der Waals surface area contributed by atoms with Crippen molar-refractivity contribution in [3.05, 3.63) is 152 Å². The molecule has 6 aromatic heterocycles. The van der Waals surface area contributed by atoms with Crippen LogP contribution in [0.1, 0.15) is 56.5 Å². The van der Waals surface area contributed by atoms with Crippen LogP contribution in [0.5, 0.6) is 0 Å². The normalized spacial score (nSPS) is 21.6. The van der Waals surface area contributed by atoms with Gasteiger partial charge in [-0.25, -0.2) is 9.97 Å². The van der Waals surface area contributed by atoms with Crippen molar-refractivity contribution in [3.8, 4) is 0 Å². The Labute approximate surface area is 304 Å². The zero-order chi connectivity index (χ0) is 34.8. The Morgan fingerprint density at radius 3 is 2.15 bits per heavy atom. The van der Waals surface area contributed by atoms with Crippen molar-refractivity contribution in [2.45, 2.75) is 17.2 Å². The van der Waals surface area contributed by atoms with E-state index in [-0.39, 0.29) is 16.4 Å². The highest BCUT2D eigenvalue weighted by Gasteiger charge is 2.50. The number of carbonyl (C=O) groups excluding carboxylic acids is 1. The lowest BCUT2D eigenvalue weighted by Gasteiger charge is -2.36. The third-order valence-corrected chi connectivity index (χ3v) is 11.8. The Morgan fingerprint density at radius 1 is 0.585 bits per heavy atom. The third kappa shape index (κ3) is 4.65. The van der Waals surface area contributed by atoms with E-state index in [4.69, 9.17) is 15.0 Å². The summed E-state index contributed by atoms with van der Waals surface area (Å²) in [6.07, 6.45) is 16.7. The molecule has 9 nitrogen and oxygen atoms in total. The van der Waals surface area contributed by atoms with E-state index in [0.29, 0.717) is 0 Å². The summed E-state index contributed by atoms with van der Waals surface area (Å²) in [5, 5.41) is 3.75. The number of allylic oxidation sites excluding steroid dienone is 2. The van der Waals surface area contributed by atoms with Gasteiger partial charge in [0.1, 0.15) is 0 Å². The average Bonchev–Trinajstić information content (AvgIpc) is 3.98. The average molecular weight is 705 g/mol. The van der Waals surface area contributed by atoms with E-state index in [9.17, 15) is 4.79 Å². The van der Waals surface area contributed by atoms with E-state index in [0.717, 1.165) is 106 Å². The molecule has 12 heterocycles. The number of nitrogens with one attached hydrogen (secondary N) is 5. The number of thioether (sulfide) groups is 1. The summed E-state index contributed by atoms with van der Waals surface area (Å²) >= 11 is 1.40. The van der Waals surface area contributed by atoms with E-state index in [1.807, 2.05) is 18.2 Å². The number of aromatic nitrogens is 7. The van der Waals surface area contributed by atoms with Crippen LogP contribution in [0, 0.1) is 0 Å². The van der Waals surface area contributed by atoms with Crippen LogP contribution < -0.4 is 21.4 Å². The number of H-pyrrole nitrogens is 5. The molecule has 6 aromatic rings. The van der Waals surface area contributed by atoms with E-state index >= 15 is 0 Å². The predicted octanol–water partition coefficient (Wildman–Crippen LogP) is 5.10. The van der Waals surface area contributed by atoms with Gasteiger partial charge in [0.25, 0.3) is 0 Å². The lowest BCUT2D eigenvalue weighted by molar-refractivity contribution is -0.111. The van der Waals surface area contributed by atoms with Gasteiger partial charge in [-0.1, -0.05) is 17.8 Å². The van der Waals surface area contributed by atoms with Gasteiger partial charge in [-0.15, -0.1) is 0 Å². The minimum Gasteiger partial charge on any atom is -0.356 e. The van der Waals surface area contributed by atoms with Gasteiger partial charge in [-0.3, -0.25) is 9.79 Å². The molecule has 0 saturated heterocycles. The van der Waals surface area contributed by atoms with Gasteiger partial charge >= 0.3 is 0 Å². The fourth-order valence-corrected chi connectivity index (χ4v) is 9.75. The van der Waals surface area contributed by atoms with Gasteiger partial charge in [0.05, 0.1) is 45.7 Å². The summed E-state index contributed by atoms with van der Waals surface area (Å²) in [7, 11) is 0. The minimum atomic E-state index is -0.517. The molecule has 0 saturated carbocycles. The van der Waals surface area contributed by atoms with E-state index in [1.165, 1.54) is 11.8 Å². The van der Waals surface area contributed by atoms with Crippen LogP contribution in [0.3, 0.4) is 0 Å². The molecule has 18 bridgehead atoms. The van der Waals surface area contributed by atoms with Crippen LogP contribution in [0.15, 0.2) is 89.9 Å². The number of hydrogen-bond donors (Lipinski definition) is 5. The molecule has 6 aliphatic heterocycles. The van der Waals surface area contributed by atoms with Crippen molar-refractivity contribution in [1.82, 2.24) is 34.9 Å². The maximum Gasteiger partial charge on any atom is 0.201 e. The number of fused-ring (bicyclic) bond motifs is 16. The summed E-state index contributed by atoms with van der Waals surface area (Å²) in [5.41, 5.74) is 14.1. The summed E-state index contributed by atoms with van der Waals surface area (Å²) in [6, 6.07) is 24.8. The van der Waals surface area contributed by atoms with Crippen molar-refractivity contribution in [2.75, 3.05) is 0 Å². The van der Waals surface area contributed by atoms with Gasteiger partial charge in [0.15, 0.2) is 0 Å². The molecule has 0 aromatic carbocycles. The Morgan fingerprint density at radius 2 is 1.30 bits per heavy atom. The molecule has 0 amide bonds. The van der Waals surface area contributed by atoms with Gasteiger partial charge in [0.2, 0.25) is 5.12 Å². The molecule has 0 fully saturated rings. The van der Waals surface area contributed by atoms with Crippen molar-refractivity contribution < 1.29 is 4.79 Å². The Balaban J connectivity index is 1.13. The smallest absolute Gasteiger partial charge is 0.201 e. The summed E-state index contributed by atoms with van der Waals surface area (Å²) in [6.45, 7) is 0. The Hall–Kier alpha value is -6.65. The second-order valence-electron chi connectivity index (χ2n) is 14.1. The van der Waals surface area contributed by atoms with E-state index in [1.54, 1.807) is 0 Å². The topological polar surface area (TPSA) is 134 Å². The highest BCUT2D eigenvalue weighted by Crippen LogP contribution is 2.61. The Kier molecular flexibility index (Phi) is 5.85. The molecule has 1 aliphatic carbocycles. The van der Waals surface area contributed by atoms with Crippen molar-refractivity contribution in [3.63, 3.8) is 0 Å². The highest BCUT2D eigenvalue weighted by atomic mass is 32.2. The Bertz CT molecular complexity index is 3210. The van der Waals surface area contributed by atoms with Crippen LogP contribution in [0.2, 0.25) is 0 Å². The summed E-state index contributed by atoms with van der Waals surface area (Å²) in [4.78, 5) is 47.4. The number of hydrogen-bond acceptors (Lipinski definition) is 5. The van der Waals surface area contributed by atoms with Crippen LogP contribution >= 0.6 is 11.8 Å². The summed E-state index contributed by atoms with van der Waals surface area (Å²) in [5.74, 6) is -0.517. The first-order valence-corrected chi connectivity index (χ1v) is 18.5. The molecule has 3 unspecified atom stereocenters. The quantitative estimate of drug-likeness (QED) is 0.150. The van der Waals surface area contributed by atoms with E-state index in [2.05, 4.69) is 128 Å². The lowest BCUT2D eigenvalue weighted by Crippen LogP contribution is -2.31. The second kappa shape index (κ2) is 10.7.